The lowest BCUT2D eigenvalue weighted by Gasteiger charge is -2.08. The second-order valence-corrected chi connectivity index (χ2v) is 6.70. The molecule has 4 rings (SSSR count). The van der Waals surface area contributed by atoms with Gasteiger partial charge < -0.3 is 16.0 Å². The Morgan fingerprint density at radius 1 is 1.07 bits per heavy atom. The van der Waals surface area contributed by atoms with Crippen molar-refractivity contribution in [2.24, 2.45) is 5.73 Å². The van der Waals surface area contributed by atoms with Gasteiger partial charge in [-0.2, -0.15) is 0 Å². The van der Waals surface area contributed by atoms with E-state index in [0.717, 1.165) is 5.56 Å². The van der Waals surface area contributed by atoms with Crippen LogP contribution in [0.1, 0.15) is 16.7 Å². The van der Waals surface area contributed by atoms with Crippen LogP contribution in [0.4, 0.5) is 5.69 Å². The average molecular weight is 397 g/mol. The number of carbonyl (C=O) groups excluding carboxylic acids is 2. The standard InChI is InChI=1S/C23H19N5O2/c24-22(30)18(16-6-2-1-3-7-16)12-17-14-27-23-21(17)19(8-10-26-23)28-20(29)11-15-5-4-9-25-13-15/h1-10,12-14H,11H2,(H2,24,30)(H2,26,27,28,29)/b18-12-. The molecule has 0 bridgehead atoms. The zero-order valence-electron chi connectivity index (χ0n) is 16.0. The van der Waals surface area contributed by atoms with E-state index in [0.29, 0.717) is 33.4 Å². The highest BCUT2D eigenvalue weighted by molar-refractivity contribution is 6.24. The SMILES string of the molecule is NC(=O)/C(=C\c1c[nH]c2nccc(NC(=O)Cc3cccnc3)c12)c1ccccc1. The van der Waals surface area contributed by atoms with Crippen LogP contribution in [0, 0.1) is 0 Å². The summed E-state index contributed by atoms with van der Waals surface area (Å²) in [6.07, 6.45) is 8.57. The Labute approximate surface area is 172 Å². The zero-order chi connectivity index (χ0) is 20.9. The number of aromatic nitrogens is 3. The molecular weight excluding hydrogens is 378 g/mol. The molecule has 0 spiro atoms. The van der Waals surface area contributed by atoms with Crippen LogP contribution < -0.4 is 11.1 Å². The Kier molecular flexibility index (Phi) is 5.34. The van der Waals surface area contributed by atoms with Gasteiger partial charge >= 0.3 is 0 Å². The number of pyridine rings is 2. The van der Waals surface area contributed by atoms with Crippen molar-refractivity contribution in [2.75, 3.05) is 5.32 Å². The maximum Gasteiger partial charge on any atom is 0.249 e. The molecule has 3 aromatic heterocycles. The summed E-state index contributed by atoms with van der Waals surface area (Å²) in [4.78, 5) is 36.1. The monoisotopic (exact) mass is 397 g/mol. The van der Waals surface area contributed by atoms with E-state index in [1.807, 2.05) is 36.4 Å². The number of benzene rings is 1. The van der Waals surface area contributed by atoms with Gasteiger partial charge in [-0.1, -0.05) is 36.4 Å². The number of nitrogens with two attached hydrogens (primary N) is 1. The summed E-state index contributed by atoms with van der Waals surface area (Å²) in [6.45, 7) is 0. The third-order valence-corrected chi connectivity index (χ3v) is 4.62. The van der Waals surface area contributed by atoms with Gasteiger partial charge in [0, 0.05) is 41.3 Å². The summed E-state index contributed by atoms with van der Waals surface area (Å²) in [6, 6.07) is 14.5. The summed E-state index contributed by atoms with van der Waals surface area (Å²) in [5.41, 5.74) is 9.41. The minimum atomic E-state index is -0.540. The number of anilines is 1. The molecule has 4 N–H and O–H groups in total. The second kappa shape index (κ2) is 8.40. The summed E-state index contributed by atoms with van der Waals surface area (Å²) >= 11 is 0. The van der Waals surface area contributed by atoms with Crippen LogP contribution in [0.25, 0.3) is 22.7 Å². The van der Waals surface area contributed by atoms with Crippen molar-refractivity contribution in [2.45, 2.75) is 6.42 Å². The average Bonchev–Trinajstić information content (AvgIpc) is 3.17. The van der Waals surface area contributed by atoms with Crippen LogP contribution in [0.2, 0.25) is 0 Å². The molecule has 0 saturated carbocycles. The van der Waals surface area contributed by atoms with E-state index in [-0.39, 0.29) is 12.3 Å². The number of aromatic amines is 1. The van der Waals surface area contributed by atoms with Crippen LogP contribution in [-0.2, 0) is 16.0 Å². The number of hydrogen-bond donors (Lipinski definition) is 3. The quantitative estimate of drug-likeness (QED) is 0.434. The van der Waals surface area contributed by atoms with Gasteiger partial charge in [0.05, 0.1) is 12.1 Å². The first-order chi connectivity index (χ1) is 14.6. The summed E-state index contributed by atoms with van der Waals surface area (Å²) < 4.78 is 0. The molecule has 2 amide bonds. The van der Waals surface area contributed by atoms with Crippen molar-refractivity contribution in [3.63, 3.8) is 0 Å². The van der Waals surface area contributed by atoms with Gasteiger partial charge in [0.15, 0.2) is 0 Å². The largest absolute Gasteiger partial charge is 0.366 e. The van der Waals surface area contributed by atoms with Crippen molar-refractivity contribution in [1.82, 2.24) is 15.0 Å². The highest BCUT2D eigenvalue weighted by atomic mass is 16.2. The van der Waals surface area contributed by atoms with Crippen LogP contribution in [0.15, 0.2) is 73.3 Å². The molecule has 0 radical (unpaired) electrons. The molecule has 1 aromatic carbocycles. The molecule has 0 saturated heterocycles. The fraction of sp³-hybridized carbons (Fsp3) is 0.0435. The molecule has 0 aliphatic carbocycles. The topological polar surface area (TPSA) is 114 Å². The van der Waals surface area contributed by atoms with E-state index >= 15 is 0 Å². The smallest absolute Gasteiger partial charge is 0.249 e. The summed E-state index contributed by atoms with van der Waals surface area (Å²) in [7, 11) is 0. The minimum absolute atomic E-state index is 0.176. The fourth-order valence-corrected chi connectivity index (χ4v) is 3.25. The van der Waals surface area contributed by atoms with E-state index < -0.39 is 5.91 Å². The number of carbonyl (C=O) groups is 2. The number of rotatable bonds is 6. The first-order valence-corrected chi connectivity index (χ1v) is 9.33. The third-order valence-electron chi connectivity index (χ3n) is 4.62. The predicted octanol–water partition coefficient (Wildman–Crippen LogP) is 3.17. The maximum atomic E-state index is 12.6. The molecule has 4 aromatic rings. The van der Waals surface area contributed by atoms with Crippen LogP contribution >= 0.6 is 0 Å². The van der Waals surface area contributed by atoms with Gasteiger partial charge in [-0.05, 0) is 29.3 Å². The highest BCUT2D eigenvalue weighted by Gasteiger charge is 2.14. The Morgan fingerprint density at radius 2 is 1.90 bits per heavy atom. The molecule has 0 fully saturated rings. The van der Waals surface area contributed by atoms with E-state index in [1.54, 1.807) is 43.0 Å². The minimum Gasteiger partial charge on any atom is -0.366 e. The Morgan fingerprint density at radius 3 is 2.63 bits per heavy atom. The first-order valence-electron chi connectivity index (χ1n) is 9.33. The molecule has 0 unspecified atom stereocenters. The van der Waals surface area contributed by atoms with Gasteiger partial charge in [-0.15, -0.1) is 0 Å². The molecule has 30 heavy (non-hydrogen) atoms. The number of nitrogens with one attached hydrogen (secondary N) is 2. The number of primary amides is 1. The lowest BCUT2D eigenvalue weighted by Crippen LogP contribution is -2.15. The van der Waals surface area contributed by atoms with Gasteiger partial charge in [0.2, 0.25) is 11.8 Å². The van der Waals surface area contributed by atoms with Crippen LogP contribution in [-0.4, -0.2) is 26.8 Å². The van der Waals surface area contributed by atoms with Crippen LogP contribution in [0.3, 0.4) is 0 Å². The zero-order valence-corrected chi connectivity index (χ0v) is 16.0. The molecule has 0 atom stereocenters. The molecular formula is C23H19N5O2. The van der Waals surface area contributed by atoms with Gasteiger partial charge in [0.25, 0.3) is 0 Å². The predicted molar refractivity (Wildman–Crippen MR) is 116 cm³/mol. The molecule has 3 heterocycles. The van der Waals surface area contributed by atoms with E-state index in [4.69, 9.17) is 5.73 Å². The molecule has 7 heteroatoms. The number of nitrogens with zero attached hydrogens (tertiary/aromatic N) is 2. The van der Waals surface area contributed by atoms with Crippen molar-refractivity contribution >= 4 is 40.2 Å². The summed E-state index contributed by atoms with van der Waals surface area (Å²) in [5.74, 6) is -0.716. The Bertz CT molecular complexity index is 1230. The number of H-pyrrole nitrogens is 1. The molecule has 0 aliphatic rings. The van der Waals surface area contributed by atoms with Crippen molar-refractivity contribution in [3.8, 4) is 0 Å². The molecule has 0 aliphatic heterocycles. The van der Waals surface area contributed by atoms with Crippen molar-refractivity contribution in [1.29, 1.82) is 0 Å². The molecule has 7 nitrogen and oxygen atoms in total. The summed E-state index contributed by atoms with van der Waals surface area (Å²) in [5, 5.41) is 3.63. The Balaban J connectivity index is 1.70. The Hall–Kier alpha value is -4.26. The normalized spacial score (nSPS) is 11.4. The third kappa shape index (κ3) is 4.10. The van der Waals surface area contributed by atoms with Gasteiger partial charge in [-0.3, -0.25) is 14.6 Å². The van der Waals surface area contributed by atoms with Crippen molar-refractivity contribution < 1.29 is 9.59 Å². The van der Waals surface area contributed by atoms with Crippen LogP contribution in [0.5, 0.6) is 0 Å². The fourth-order valence-electron chi connectivity index (χ4n) is 3.25. The number of fused-ring (bicyclic) bond motifs is 1. The highest BCUT2D eigenvalue weighted by Crippen LogP contribution is 2.29. The first kappa shape index (κ1) is 19.1. The van der Waals surface area contributed by atoms with E-state index in [9.17, 15) is 9.59 Å². The number of hydrogen-bond acceptors (Lipinski definition) is 4. The van der Waals surface area contributed by atoms with Gasteiger partial charge in [-0.25, -0.2) is 4.98 Å². The molecule has 148 valence electrons. The van der Waals surface area contributed by atoms with E-state index in [2.05, 4.69) is 20.3 Å². The maximum absolute atomic E-state index is 12.6. The lowest BCUT2D eigenvalue weighted by molar-refractivity contribution is -0.115. The number of amides is 2. The van der Waals surface area contributed by atoms with Gasteiger partial charge in [0.1, 0.15) is 5.65 Å². The second-order valence-electron chi connectivity index (χ2n) is 6.70. The van der Waals surface area contributed by atoms with Crippen molar-refractivity contribution in [3.05, 3.63) is 90.0 Å². The van der Waals surface area contributed by atoms with E-state index in [1.165, 1.54) is 0 Å². The lowest BCUT2D eigenvalue weighted by atomic mass is 10.0.